The molecule has 1 aromatic carbocycles. The van der Waals surface area contributed by atoms with E-state index in [0.29, 0.717) is 21.8 Å². The van der Waals surface area contributed by atoms with Crippen LogP contribution >= 0.6 is 27.5 Å². The van der Waals surface area contributed by atoms with E-state index in [1.807, 2.05) is 0 Å². The van der Waals surface area contributed by atoms with Crippen molar-refractivity contribution < 1.29 is 4.39 Å². The lowest BCUT2D eigenvalue weighted by atomic mass is 10.0. The van der Waals surface area contributed by atoms with Crippen LogP contribution in [0.2, 0.25) is 5.02 Å². The first-order chi connectivity index (χ1) is 8.65. The quantitative estimate of drug-likeness (QED) is 0.395. The van der Waals surface area contributed by atoms with Crippen LogP contribution in [0.15, 0.2) is 18.2 Å². The third kappa shape index (κ3) is 5.71. The molecule has 0 saturated carbocycles. The molecule has 0 saturated heterocycles. The topological polar surface area (TPSA) is 0 Å². The standard InChI is InChI=1S/C15H21BrClF/c1-2-3-4-5-6-8-12(16)11-13-14(17)9-7-10-15(13)18/h7,9-10,12H,2-6,8,11H2,1H3. The molecular formula is C15H21BrClF. The fourth-order valence-electron chi connectivity index (χ4n) is 2.02. The minimum Gasteiger partial charge on any atom is -0.207 e. The first-order valence-corrected chi connectivity index (χ1v) is 8.01. The van der Waals surface area contributed by atoms with Gasteiger partial charge in [0.15, 0.2) is 0 Å². The summed E-state index contributed by atoms with van der Waals surface area (Å²) in [5.74, 6) is -0.196. The normalized spacial score (nSPS) is 12.7. The van der Waals surface area contributed by atoms with E-state index < -0.39 is 0 Å². The number of halogens is 3. The van der Waals surface area contributed by atoms with Crippen LogP contribution in [0.4, 0.5) is 4.39 Å². The number of benzene rings is 1. The number of alkyl halides is 1. The lowest BCUT2D eigenvalue weighted by molar-refractivity contribution is 0.581. The van der Waals surface area contributed by atoms with Crippen LogP contribution < -0.4 is 0 Å². The highest BCUT2D eigenvalue weighted by Crippen LogP contribution is 2.24. The fraction of sp³-hybridized carbons (Fsp3) is 0.600. The van der Waals surface area contributed by atoms with E-state index >= 15 is 0 Å². The monoisotopic (exact) mass is 334 g/mol. The van der Waals surface area contributed by atoms with E-state index in [-0.39, 0.29) is 5.82 Å². The Kier molecular flexibility index (Phi) is 7.92. The number of hydrogen-bond donors (Lipinski definition) is 0. The summed E-state index contributed by atoms with van der Waals surface area (Å²) in [6.07, 6.45) is 8.09. The number of unbranched alkanes of at least 4 members (excludes halogenated alkanes) is 4. The molecule has 0 radical (unpaired) electrons. The average Bonchev–Trinajstić information content (AvgIpc) is 2.34. The zero-order chi connectivity index (χ0) is 13.4. The lowest BCUT2D eigenvalue weighted by Crippen LogP contribution is -2.05. The zero-order valence-electron chi connectivity index (χ0n) is 10.9. The molecule has 0 N–H and O–H groups in total. The van der Waals surface area contributed by atoms with Crippen molar-refractivity contribution in [2.75, 3.05) is 0 Å². The summed E-state index contributed by atoms with van der Waals surface area (Å²) in [5.41, 5.74) is 0.634. The zero-order valence-corrected chi connectivity index (χ0v) is 13.2. The summed E-state index contributed by atoms with van der Waals surface area (Å²) >= 11 is 9.64. The van der Waals surface area contributed by atoms with E-state index in [4.69, 9.17) is 11.6 Å². The average molecular weight is 336 g/mol. The predicted molar refractivity (Wildman–Crippen MR) is 81.2 cm³/mol. The van der Waals surface area contributed by atoms with Gasteiger partial charge in [-0.05, 0) is 25.0 Å². The van der Waals surface area contributed by atoms with Gasteiger partial charge in [0.05, 0.1) is 0 Å². The number of hydrogen-bond acceptors (Lipinski definition) is 0. The third-order valence-corrected chi connectivity index (χ3v) is 4.24. The van der Waals surface area contributed by atoms with Gasteiger partial charge in [-0.25, -0.2) is 4.39 Å². The van der Waals surface area contributed by atoms with Gasteiger partial charge in [0.2, 0.25) is 0 Å². The Bertz CT molecular complexity index is 334. The van der Waals surface area contributed by atoms with Gasteiger partial charge < -0.3 is 0 Å². The van der Waals surface area contributed by atoms with Gasteiger partial charge in [0.25, 0.3) is 0 Å². The maximum atomic E-state index is 13.6. The molecule has 0 spiro atoms. The summed E-state index contributed by atoms with van der Waals surface area (Å²) in [5, 5.41) is 0.533. The Hall–Kier alpha value is -0.0800. The summed E-state index contributed by atoms with van der Waals surface area (Å²) in [4.78, 5) is 0.313. The van der Waals surface area contributed by atoms with E-state index in [0.717, 1.165) is 6.42 Å². The van der Waals surface area contributed by atoms with Crippen LogP contribution in [0.5, 0.6) is 0 Å². The SMILES string of the molecule is CCCCCCCC(Br)Cc1c(F)cccc1Cl. The molecular weight excluding hydrogens is 315 g/mol. The molecule has 0 aromatic heterocycles. The Morgan fingerprint density at radius 3 is 2.61 bits per heavy atom. The molecule has 1 aromatic rings. The summed E-state index contributed by atoms with van der Waals surface area (Å²) < 4.78 is 13.6. The molecule has 18 heavy (non-hydrogen) atoms. The molecule has 0 aliphatic rings. The second-order valence-electron chi connectivity index (χ2n) is 4.70. The molecule has 102 valence electrons. The highest BCUT2D eigenvalue weighted by Gasteiger charge is 2.12. The van der Waals surface area contributed by atoms with Crippen molar-refractivity contribution in [1.29, 1.82) is 0 Å². The molecule has 0 aliphatic heterocycles. The van der Waals surface area contributed by atoms with E-state index in [2.05, 4.69) is 22.9 Å². The Balaban J connectivity index is 2.33. The van der Waals surface area contributed by atoms with Gasteiger partial charge in [-0.1, -0.05) is 72.6 Å². The molecule has 0 heterocycles. The molecule has 0 fully saturated rings. The van der Waals surface area contributed by atoms with E-state index in [1.54, 1.807) is 12.1 Å². The van der Waals surface area contributed by atoms with E-state index in [1.165, 1.54) is 38.2 Å². The van der Waals surface area contributed by atoms with Crippen molar-refractivity contribution in [3.63, 3.8) is 0 Å². The minimum absolute atomic E-state index is 0.196. The Labute approximate surface area is 123 Å². The van der Waals surface area contributed by atoms with Crippen molar-refractivity contribution in [3.05, 3.63) is 34.6 Å². The maximum absolute atomic E-state index is 13.6. The fourth-order valence-corrected chi connectivity index (χ4v) is 2.91. The van der Waals surface area contributed by atoms with Crippen molar-refractivity contribution in [2.24, 2.45) is 0 Å². The van der Waals surface area contributed by atoms with Crippen LogP contribution in [-0.2, 0) is 6.42 Å². The van der Waals surface area contributed by atoms with Gasteiger partial charge in [-0.15, -0.1) is 0 Å². The van der Waals surface area contributed by atoms with Crippen LogP contribution in [0.25, 0.3) is 0 Å². The van der Waals surface area contributed by atoms with Gasteiger partial charge >= 0.3 is 0 Å². The van der Waals surface area contributed by atoms with Gasteiger partial charge in [-0.2, -0.15) is 0 Å². The van der Waals surface area contributed by atoms with Gasteiger partial charge in [0.1, 0.15) is 5.82 Å². The van der Waals surface area contributed by atoms with Gasteiger partial charge in [-0.3, -0.25) is 0 Å². The van der Waals surface area contributed by atoms with Crippen LogP contribution in [0, 0.1) is 5.82 Å². The molecule has 3 heteroatoms. The molecule has 1 atom stereocenters. The Morgan fingerprint density at radius 2 is 1.94 bits per heavy atom. The third-order valence-electron chi connectivity index (χ3n) is 3.11. The highest BCUT2D eigenvalue weighted by molar-refractivity contribution is 9.09. The predicted octanol–water partition coefficient (Wildman–Crippen LogP) is 6.15. The number of rotatable bonds is 8. The summed E-state index contributed by atoms with van der Waals surface area (Å²) in [7, 11) is 0. The lowest BCUT2D eigenvalue weighted by Gasteiger charge is -2.11. The largest absolute Gasteiger partial charge is 0.207 e. The summed E-state index contributed by atoms with van der Waals surface area (Å²) in [6, 6.07) is 4.87. The van der Waals surface area contributed by atoms with Crippen molar-refractivity contribution in [3.8, 4) is 0 Å². The molecule has 1 rings (SSSR count). The second-order valence-corrected chi connectivity index (χ2v) is 6.41. The van der Waals surface area contributed by atoms with Gasteiger partial charge in [0, 0.05) is 15.4 Å². The smallest absolute Gasteiger partial charge is 0.127 e. The van der Waals surface area contributed by atoms with Crippen molar-refractivity contribution >= 4 is 27.5 Å². The van der Waals surface area contributed by atoms with E-state index in [9.17, 15) is 4.39 Å². The van der Waals surface area contributed by atoms with Crippen LogP contribution in [0.1, 0.15) is 51.0 Å². The first kappa shape index (κ1) is 16.0. The first-order valence-electron chi connectivity index (χ1n) is 6.72. The molecule has 0 amide bonds. The molecule has 0 aliphatic carbocycles. The van der Waals surface area contributed by atoms with Crippen molar-refractivity contribution in [1.82, 2.24) is 0 Å². The maximum Gasteiger partial charge on any atom is 0.127 e. The molecule has 0 bridgehead atoms. The second kappa shape index (κ2) is 8.92. The van der Waals surface area contributed by atoms with Crippen LogP contribution in [0.3, 0.4) is 0 Å². The molecule has 1 unspecified atom stereocenters. The highest BCUT2D eigenvalue weighted by atomic mass is 79.9. The molecule has 0 nitrogen and oxygen atoms in total. The summed E-state index contributed by atoms with van der Waals surface area (Å²) in [6.45, 7) is 2.22. The Morgan fingerprint density at radius 1 is 1.22 bits per heavy atom. The minimum atomic E-state index is -0.196. The van der Waals surface area contributed by atoms with Crippen molar-refractivity contribution in [2.45, 2.75) is 56.7 Å². The van der Waals surface area contributed by atoms with Crippen LogP contribution in [-0.4, -0.2) is 4.83 Å².